The lowest BCUT2D eigenvalue weighted by molar-refractivity contribution is 0.797. The summed E-state index contributed by atoms with van der Waals surface area (Å²) in [4.78, 5) is 11.1. The van der Waals surface area contributed by atoms with Gasteiger partial charge in [0.2, 0.25) is 0 Å². The maximum absolute atomic E-state index is 5.77. The van der Waals surface area contributed by atoms with Crippen molar-refractivity contribution >= 4 is 75.0 Å². The molecule has 0 saturated carbocycles. The minimum absolute atomic E-state index is 0.569. The number of thiophene rings is 1. The number of fused-ring (bicyclic) bond motifs is 21. The molecule has 0 unspecified atom stereocenters. The summed E-state index contributed by atoms with van der Waals surface area (Å²) in [6.07, 6.45) is 0. The molecule has 3 aromatic heterocycles. The van der Waals surface area contributed by atoms with Gasteiger partial charge in [0, 0.05) is 47.5 Å². The van der Waals surface area contributed by atoms with Gasteiger partial charge in [0.25, 0.3) is 0 Å². The Morgan fingerprint density at radius 3 is 1.75 bits per heavy atom. The van der Waals surface area contributed by atoms with Crippen LogP contribution >= 0.6 is 11.3 Å². The Morgan fingerprint density at radius 1 is 0.407 bits per heavy atom. The van der Waals surface area contributed by atoms with E-state index in [4.69, 9.17) is 9.97 Å². The van der Waals surface area contributed by atoms with E-state index < -0.39 is 5.41 Å². The van der Waals surface area contributed by atoms with Crippen LogP contribution < -0.4 is 0 Å². The lowest BCUT2D eigenvalue weighted by Crippen LogP contribution is -2.26. The third-order valence-corrected chi connectivity index (χ3v) is 14.3. The number of hydrogen-bond donors (Lipinski definition) is 0. The van der Waals surface area contributed by atoms with Crippen LogP contribution in [0, 0.1) is 0 Å². The highest BCUT2D eigenvalue weighted by Gasteiger charge is 2.53. The molecule has 14 rings (SSSR count). The van der Waals surface area contributed by atoms with E-state index in [9.17, 15) is 0 Å². The molecule has 0 bridgehead atoms. The molecule has 0 aliphatic heterocycles. The smallest absolute Gasteiger partial charge is 0.162 e. The highest BCUT2D eigenvalue weighted by atomic mass is 32.1. The second kappa shape index (κ2) is 11.4. The van der Waals surface area contributed by atoms with Crippen LogP contribution in [0.4, 0.5) is 0 Å². The number of rotatable bonds is 2. The summed E-state index contributed by atoms with van der Waals surface area (Å²) >= 11 is 1.83. The second-order valence-electron chi connectivity index (χ2n) is 15.9. The summed E-state index contributed by atoms with van der Waals surface area (Å²) in [6, 6.07) is 69.2. The molecular weight excluding hydrogens is 735 g/mol. The molecule has 2 aliphatic carbocycles. The number of nitrogens with zero attached hydrogens (tertiary/aromatic N) is 3. The maximum Gasteiger partial charge on any atom is 0.162 e. The molecule has 3 heterocycles. The summed E-state index contributed by atoms with van der Waals surface area (Å²) in [5, 5.41) is 8.43. The first-order valence-corrected chi connectivity index (χ1v) is 21.1. The Hall–Kier alpha value is -7.40. The fraction of sp³-hybridized carbons (Fsp3) is 0.0182. The minimum atomic E-state index is -0.569. The zero-order valence-corrected chi connectivity index (χ0v) is 32.5. The van der Waals surface area contributed by atoms with Crippen LogP contribution in [0.15, 0.2) is 188 Å². The van der Waals surface area contributed by atoms with Crippen molar-refractivity contribution in [3.05, 3.63) is 210 Å². The van der Waals surface area contributed by atoms with E-state index in [1.165, 1.54) is 91.7 Å². The van der Waals surface area contributed by atoms with Crippen molar-refractivity contribution in [1.82, 2.24) is 14.5 Å². The molecule has 2 aliphatic rings. The minimum Gasteiger partial charge on any atom is -0.293 e. The van der Waals surface area contributed by atoms with E-state index in [1.807, 2.05) is 11.3 Å². The molecular formula is C55H31N3S. The van der Waals surface area contributed by atoms with Crippen LogP contribution in [0.2, 0.25) is 0 Å². The normalized spacial score (nSPS) is 13.6. The largest absolute Gasteiger partial charge is 0.293 e. The highest BCUT2D eigenvalue weighted by Crippen LogP contribution is 2.66. The van der Waals surface area contributed by atoms with Gasteiger partial charge in [-0.15, -0.1) is 11.3 Å². The van der Waals surface area contributed by atoms with Gasteiger partial charge in [0.15, 0.2) is 5.82 Å². The van der Waals surface area contributed by atoms with Crippen LogP contribution in [0.1, 0.15) is 22.3 Å². The Bertz CT molecular complexity index is 3770. The molecule has 59 heavy (non-hydrogen) atoms. The zero-order chi connectivity index (χ0) is 38.4. The summed E-state index contributed by atoms with van der Waals surface area (Å²) in [5.74, 6) is 1.61. The van der Waals surface area contributed by atoms with Gasteiger partial charge >= 0.3 is 0 Å². The number of hydrogen-bond acceptors (Lipinski definition) is 3. The molecule has 1 spiro atoms. The molecule has 12 aromatic rings. The van der Waals surface area contributed by atoms with Gasteiger partial charge < -0.3 is 0 Å². The van der Waals surface area contributed by atoms with Gasteiger partial charge in [-0.1, -0.05) is 158 Å². The average molecular weight is 766 g/mol. The first kappa shape index (κ1) is 31.7. The lowest BCUT2D eigenvalue weighted by Gasteiger charge is -2.31. The molecule has 0 fully saturated rings. The summed E-state index contributed by atoms with van der Waals surface area (Å²) < 4.78 is 5.01. The van der Waals surface area contributed by atoms with Gasteiger partial charge in [-0.2, -0.15) is 0 Å². The van der Waals surface area contributed by atoms with E-state index in [1.54, 1.807) is 0 Å². The fourth-order valence-electron chi connectivity index (χ4n) is 11.1. The summed E-state index contributed by atoms with van der Waals surface area (Å²) in [7, 11) is 0. The van der Waals surface area contributed by atoms with Crippen LogP contribution in [0.3, 0.4) is 0 Å². The monoisotopic (exact) mass is 765 g/mol. The predicted octanol–water partition coefficient (Wildman–Crippen LogP) is 14.3. The Morgan fingerprint density at radius 2 is 0.966 bits per heavy atom. The molecule has 9 aromatic carbocycles. The van der Waals surface area contributed by atoms with Crippen molar-refractivity contribution in [2.75, 3.05) is 0 Å². The molecule has 0 amide bonds. The first-order chi connectivity index (χ1) is 29.3. The van der Waals surface area contributed by atoms with E-state index in [2.05, 4.69) is 193 Å². The maximum atomic E-state index is 5.77. The van der Waals surface area contributed by atoms with Crippen molar-refractivity contribution in [3.63, 3.8) is 0 Å². The number of aromatic nitrogens is 3. The van der Waals surface area contributed by atoms with Gasteiger partial charge in [-0.05, 0) is 80.0 Å². The van der Waals surface area contributed by atoms with Crippen molar-refractivity contribution in [1.29, 1.82) is 0 Å². The first-order valence-electron chi connectivity index (χ1n) is 20.3. The number of benzene rings is 9. The van der Waals surface area contributed by atoms with Crippen molar-refractivity contribution in [2.24, 2.45) is 0 Å². The summed E-state index contributed by atoms with van der Waals surface area (Å²) in [6.45, 7) is 0. The van der Waals surface area contributed by atoms with Crippen LogP contribution in [0.5, 0.6) is 0 Å². The van der Waals surface area contributed by atoms with Gasteiger partial charge in [-0.3, -0.25) is 4.57 Å². The standard InChI is InChI=1S/C55H31N3S/c1-2-19-35-34(18-1)49-36-20-5-11-27-43(36)55(41-25-9-3-16-32(41)33-17-4-10-26-42(33)55)51(49)52-50(35)38-22-7-13-29-45(38)58(52)54-37-21-6-12-28-44(37)56-53(57-54)40-24-15-31-47-48(40)39-23-8-14-30-46(39)59-47/h1-31H. The van der Waals surface area contributed by atoms with E-state index in [-0.39, 0.29) is 0 Å². The van der Waals surface area contributed by atoms with Crippen LogP contribution in [-0.4, -0.2) is 14.5 Å². The SMILES string of the molecule is c1ccc2c(c1)-c1ccccc1C21c2ccccc2-c2c1c1c(c3ccccc23)c2ccccc2n1-c1nc(-c2cccc3sc4ccccc4c23)nc2ccccc12. The molecule has 0 N–H and O–H groups in total. The third kappa shape index (κ3) is 3.88. The van der Waals surface area contributed by atoms with Crippen LogP contribution in [0.25, 0.3) is 103 Å². The zero-order valence-electron chi connectivity index (χ0n) is 31.6. The quantitative estimate of drug-likeness (QED) is 0.175. The average Bonchev–Trinajstić information content (AvgIpc) is 4.03. The van der Waals surface area contributed by atoms with Gasteiger partial charge in [-0.25, -0.2) is 9.97 Å². The Labute approximate surface area is 343 Å². The molecule has 0 radical (unpaired) electrons. The van der Waals surface area contributed by atoms with Crippen LogP contribution in [-0.2, 0) is 5.41 Å². The third-order valence-electron chi connectivity index (χ3n) is 13.2. The van der Waals surface area contributed by atoms with Gasteiger partial charge in [0.05, 0.1) is 22.0 Å². The van der Waals surface area contributed by atoms with E-state index >= 15 is 0 Å². The Balaban J connectivity index is 1.23. The van der Waals surface area contributed by atoms with Crippen molar-refractivity contribution in [2.45, 2.75) is 5.41 Å². The van der Waals surface area contributed by atoms with Gasteiger partial charge in [0.1, 0.15) is 5.82 Å². The van der Waals surface area contributed by atoms with E-state index in [0.29, 0.717) is 0 Å². The highest BCUT2D eigenvalue weighted by molar-refractivity contribution is 7.25. The van der Waals surface area contributed by atoms with Crippen molar-refractivity contribution in [3.8, 4) is 39.5 Å². The predicted molar refractivity (Wildman–Crippen MR) is 246 cm³/mol. The molecule has 0 atom stereocenters. The molecule has 272 valence electrons. The fourth-order valence-corrected chi connectivity index (χ4v) is 12.2. The second-order valence-corrected chi connectivity index (χ2v) is 17.0. The lowest BCUT2D eigenvalue weighted by atomic mass is 9.70. The molecule has 0 saturated heterocycles. The molecule has 4 heteroatoms. The summed E-state index contributed by atoms with van der Waals surface area (Å²) in [5.41, 5.74) is 14.2. The van der Waals surface area contributed by atoms with E-state index in [0.717, 1.165) is 33.6 Å². The Kier molecular flexibility index (Phi) is 6.10. The topological polar surface area (TPSA) is 30.7 Å². The molecule has 3 nitrogen and oxygen atoms in total. The number of para-hydroxylation sites is 2. The van der Waals surface area contributed by atoms with Crippen molar-refractivity contribution < 1.29 is 0 Å².